The molecule has 2 rings (SSSR count). The van der Waals surface area contributed by atoms with E-state index in [0.29, 0.717) is 12.5 Å². The van der Waals surface area contributed by atoms with Crippen LogP contribution in [-0.4, -0.2) is 21.7 Å². The third-order valence-corrected chi connectivity index (χ3v) is 3.31. The Hall–Kier alpha value is -1.56. The predicted molar refractivity (Wildman–Crippen MR) is 73.1 cm³/mol. The maximum Gasteiger partial charge on any atom is 0.291 e. The third kappa shape index (κ3) is 3.70. The van der Waals surface area contributed by atoms with Crippen LogP contribution in [0.4, 0.5) is 5.69 Å². The number of aromatic nitrogens is 2. The molecular formula is C12H17ClN4O2. The summed E-state index contributed by atoms with van der Waals surface area (Å²) in [6.07, 6.45) is 3.86. The van der Waals surface area contributed by atoms with E-state index in [-0.39, 0.29) is 28.7 Å². The van der Waals surface area contributed by atoms with Gasteiger partial charge in [-0.25, -0.2) is 4.68 Å². The van der Waals surface area contributed by atoms with Crippen molar-refractivity contribution in [3.8, 4) is 0 Å². The van der Waals surface area contributed by atoms with Gasteiger partial charge in [-0.2, -0.15) is 5.10 Å². The van der Waals surface area contributed by atoms with Gasteiger partial charge in [0.2, 0.25) is 5.91 Å². The van der Waals surface area contributed by atoms with Crippen LogP contribution in [0, 0.1) is 5.92 Å². The summed E-state index contributed by atoms with van der Waals surface area (Å²) in [7, 11) is 0. The maximum absolute atomic E-state index is 12.2. The van der Waals surface area contributed by atoms with E-state index < -0.39 is 5.91 Å². The Balaban J connectivity index is 2.17. The lowest BCUT2D eigenvalue weighted by molar-refractivity contribution is -0.118. The number of rotatable bonds is 6. The van der Waals surface area contributed by atoms with Crippen molar-refractivity contribution in [1.29, 1.82) is 0 Å². The van der Waals surface area contributed by atoms with Crippen LogP contribution in [0.25, 0.3) is 0 Å². The van der Waals surface area contributed by atoms with E-state index in [4.69, 9.17) is 17.3 Å². The van der Waals surface area contributed by atoms with Crippen molar-refractivity contribution in [2.75, 3.05) is 5.32 Å². The standard InChI is InChI=1S/C12H17ClN4O2/c1-7(4-10(14)18)16-11-9(13)5-15-17(12(11)19)6-8-2-3-8/h5,7-8,16H,2-4,6H2,1H3,(H2,14,18). The summed E-state index contributed by atoms with van der Waals surface area (Å²) in [6, 6.07) is -0.250. The molecule has 7 heteroatoms. The first-order valence-corrected chi connectivity index (χ1v) is 6.65. The molecule has 104 valence electrons. The average Bonchev–Trinajstić information content (AvgIpc) is 3.11. The molecule has 1 aromatic rings. The van der Waals surface area contributed by atoms with Crippen molar-refractivity contribution >= 4 is 23.2 Å². The molecule has 0 saturated heterocycles. The smallest absolute Gasteiger partial charge is 0.291 e. The van der Waals surface area contributed by atoms with Crippen LogP contribution < -0.4 is 16.6 Å². The molecule has 1 saturated carbocycles. The number of nitrogens with zero attached hydrogens (tertiary/aromatic N) is 2. The van der Waals surface area contributed by atoms with Crippen LogP contribution in [0.5, 0.6) is 0 Å². The minimum absolute atomic E-state index is 0.140. The highest BCUT2D eigenvalue weighted by atomic mass is 35.5. The van der Waals surface area contributed by atoms with Crippen molar-refractivity contribution in [2.24, 2.45) is 11.7 Å². The van der Waals surface area contributed by atoms with Gasteiger partial charge in [0.1, 0.15) is 5.69 Å². The highest BCUT2D eigenvalue weighted by Crippen LogP contribution is 2.30. The molecule has 0 radical (unpaired) electrons. The topological polar surface area (TPSA) is 90.0 Å². The number of hydrogen-bond donors (Lipinski definition) is 2. The second-order valence-corrected chi connectivity index (χ2v) is 5.42. The summed E-state index contributed by atoms with van der Waals surface area (Å²) in [5.41, 5.74) is 5.15. The van der Waals surface area contributed by atoms with E-state index in [1.165, 1.54) is 10.9 Å². The molecule has 6 nitrogen and oxygen atoms in total. The molecule has 0 aliphatic heterocycles. The summed E-state index contributed by atoms with van der Waals surface area (Å²) in [6.45, 7) is 2.39. The van der Waals surface area contributed by atoms with Gasteiger partial charge in [0.05, 0.1) is 11.2 Å². The Morgan fingerprint density at radius 3 is 2.95 bits per heavy atom. The zero-order chi connectivity index (χ0) is 14.0. The van der Waals surface area contributed by atoms with Gasteiger partial charge in [-0.3, -0.25) is 9.59 Å². The van der Waals surface area contributed by atoms with Crippen LogP contribution in [0.1, 0.15) is 26.2 Å². The summed E-state index contributed by atoms with van der Waals surface area (Å²) < 4.78 is 1.42. The summed E-state index contributed by atoms with van der Waals surface area (Å²) in [5.74, 6) is 0.116. The van der Waals surface area contributed by atoms with E-state index in [1.54, 1.807) is 6.92 Å². The van der Waals surface area contributed by atoms with Gasteiger partial charge in [-0.15, -0.1) is 0 Å². The van der Waals surface area contributed by atoms with Gasteiger partial charge >= 0.3 is 0 Å². The Labute approximate surface area is 115 Å². The Morgan fingerprint density at radius 1 is 1.68 bits per heavy atom. The van der Waals surface area contributed by atoms with Crippen LogP contribution in [0.3, 0.4) is 0 Å². The molecule has 3 N–H and O–H groups in total. The lowest BCUT2D eigenvalue weighted by Gasteiger charge is -2.15. The summed E-state index contributed by atoms with van der Waals surface area (Å²) in [5, 5.41) is 7.22. The largest absolute Gasteiger partial charge is 0.376 e. The van der Waals surface area contributed by atoms with Crippen molar-refractivity contribution in [3.63, 3.8) is 0 Å². The second kappa shape index (κ2) is 5.61. The monoisotopic (exact) mass is 284 g/mol. The Bertz CT molecular complexity index is 539. The van der Waals surface area contributed by atoms with Crippen LogP contribution >= 0.6 is 11.6 Å². The number of nitrogens with one attached hydrogen (secondary N) is 1. The fraction of sp³-hybridized carbons (Fsp3) is 0.583. The number of nitrogens with two attached hydrogens (primary N) is 1. The van der Waals surface area contributed by atoms with Gasteiger partial charge in [-0.05, 0) is 25.7 Å². The Kier molecular flexibility index (Phi) is 4.09. The van der Waals surface area contributed by atoms with E-state index in [0.717, 1.165) is 12.8 Å². The van der Waals surface area contributed by atoms with Crippen molar-refractivity contribution < 1.29 is 4.79 Å². The van der Waals surface area contributed by atoms with Crippen molar-refractivity contribution in [2.45, 2.75) is 38.8 Å². The SMILES string of the molecule is CC(CC(N)=O)Nc1c(Cl)cnn(CC2CC2)c1=O. The van der Waals surface area contributed by atoms with Crippen LogP contribution in [0.2, 0.25) is 5.02 Å². The third-order valence-electron chi connectivity index (χ3n) is 3.02. The molecular weight excluding hydrogens is 268 g/mol. The van der Waals surface area contributed by atoms with E-state index in [2.05, 4.69) is 10.4 Å². The first-order valence-electron chi connectivity index (χ1n) is 6.28. The number of amides is 1. The molecule has 0 bridgehead atoms. The fourth-order valence-electron chi connectivity index (χ4n) is 1.87. The molecule has 19 heavy (non-hydrogen) atoms. The predicted octanol–water partition coefficient (Wildman–Crippen LogP) is 0.982. The Morgan fingerprint density at radius 2 is 2.37 bits per heavy atom. The first kappa shape index (κ1) is 13.9. The molecule has 1 aromatic heterocycles. The van der Waals surface area contributed by atoms with E-state index >= 15 is 0 Å². The normalized spacial score (nSPS) is 16.1. The van der Waals surface area contributed by atoms with Crippen molar-refractivity contribution in [3.05, 3.63) is 21.6 Å². The number of hydrogen-bond acceptors (Lipinski definition) is 4. The van der Waals surface area contributed by atoms with Gasteiger partial charge in [0.15, 0.2) is 0 Å². The zero-order valence-corrected chi connectivity index (χ0v) is 11.5. The molecule has 1 amide bonds. The fourth-order valence-corrected chi connectivity index (χ4v) is 2.05. The highest BCUT2D eigenvalue weighted by Gasteiger charge is 2.23. The van der Waals surface area contributed by atoms with Crippen molar-refractivity contribution in [1.82, 2.24) is 9.78 Å². The quantitative estimate of drug-likeness (QED) is 0.815. The molecule has 1 heterocycles. The first-order chi connectivity index (χ1) is 8.97. The van der Waals surface area contributed by atoms with Crippen LogP contribution in [0.15, 0.2) is 11.0 Å². The summed E-state index contributed by atoms with van der Waals surface area (Å²) in [4.78, 5) is 23.1. The molecule has 1 aliphatic rings. The molecule has 1 atom stereocenters. The average molecular weight is 285 g/mol. The molecule has 1 aliphatic carbocycles. The van der Waals surface area contributed by atoms with Gasteiger partial charge in [0, 0.05) is 19.0 Å². The molecule has 1 fully saturated rings. The minimum atomic E-state index is -0.427. The second-order valence-electron chi connectivity index (χ2n) is 5.01. The van der Waals surface area contributed by atoms with Crippen LogP contribution in [-0.2, 0) is 11.3 Å². The number of carbonyl (C=O) groups excluding carboxylic acids is 1. The minimum Gasteiger partial charge on any atom is -0.376 e. The number of halogens is 1. The number of primary amides is 1. The van der Waals surface area contributed by atoms with Gasteiger partial charge < -0.3 is 11.1 Å². The lowest BCUT2D eigenvalue weighted by Crippen LogP contribution is -2.31. The van der Waals surface area contributed by atoms with Gasteiger partial charge in [0.25, 0.3) is 5.56 Å². The van der Waals surface area contributed by atoms with E-state index in [9.17, 15) is 9.59 Å². The lowest BCUT2D eigenvalue weighted by atomic mass is 10.2. The zero-order valence-electron chi connectivity index (χ0n) is 10.7. The van der Waals surface area contributed by atoms with Gasteiger partial charge in [-0.1, -0.05) is 11.6 Å². The number of anilines is 1. The molecule has 0 spiro atoms. The highest BCUT2D eigenvalue weighted by molar-refractivity contribution is 6.33. The number of carbonyl (C=O) groups is 1. The van der Waals surface area contributed by atoms with E-state index in [1.807, 2.05) is 0 Å². The molecule has 1 unspecified atom stereocenters. The maximum atomic E-state index is 12.2. The summed E-state index contributed by atoms with van der Waals surface area (Å²) >= 11 is 5.98. The molecule has 0 aromatic carbocycles.